The SMILES string of the molecule is COc1ccc(CN2CCC(c3nnc4n3CCNC4)CC2)cc1O.Cl. The van der Waals surface area contributed by atoms with Crippen molar-refractivity contribution in [3.8, 4) is 11.5 Å². The van der Waals surface area contributed by atoms with Gasteiger partial charge in [-0.15, -0.1) is 22.6 Å². The molecule has 8 heteroatoms. The van der Waals surface area contributed by atoms with Crippen LogP contribution in [0.3, 0.4) is 0 Å². The number of hydrogen-bond acceptors (Lipinski definition) is 6. The molecular weight excluding hydrogens is 354 g/mol. The summed E-state index contributed by atoms with van der Waals surface area (Å²) in [6.45, 7) is 5.73. The molecule has 0 aliphatic carbocycles. The van der Waals surface area contributed by atoms with Gasteiger partial charge < -0.3 is 19.7 Å². The topological polar surface area (TPSA) is 75.4 Å². The predicted octanol–water partition coefficient (Wildman–Crippen LogP) is 1.90. The molecule has 0 bridgehead atoms. The molecule has 142 valence electrons. The van der Waals surface area contributed by atoms with E-state index in [1.807, 2.05) is 12.1 Å². The molecule has 3 heterocycles. The van der Waals surface area contributed by atoms with Crippen molar-refractivity contribution in [2.24, 2.45) is 0 Å². The minimum absolute atomic E-state index is 0. The normalized spacial score (nSPS) is 18.2. The Morgan fingerprint density at radius 2 is 2.04 bits per heavy atom. The molecule has 0 atom stereocenters. The van der Waals surface area contributed by atoms with Crippen LogP contribution in [0.1, 0.15) is 36.0 Å². The van der Waals surface area contributed by atoms with Gasteiger partial charge in [0.1, 0.15) is 11.6 Å². The van der Waals surface area contributed by atoms with Crippen molar-refractivity contribution in [1.82, 2.24) is 25.0 Å². The van der Waals surface area contributed by atoms with Crippen LogP contribution in [0.15, 0.2) is 18.2 Å². The highest BCUT2D eigenvalue weighted by molar-refractivity contribution is 5.85. The van der Waals surface area contributed by atoms with Crippen molar-refractivity contribution >= 4 is 12.4 Å². The van der Waals surface area contributed by atoms with E-state index in [1.54, 1.807) is 13.2 Å². The predicted molar refractivity (Wildman–Crippen MR) is 101 cm³/mol. The highest BCUT2D eigenvalue weighted by Crippen LogP contribution is 2.30. The molecule has 26 heavy (non-hydrogen) atoms. The fraction of sp³-hybridized carbons (Fsp3) is 0.556. The lowest BCUT2D eigenvalue weighted by Crippen LogP contribution is -2.34. The van der Waals surface area contributed by atoms with Crippen LogP contribution < -0.4 is 10.1 Å². The number of halogens is 1. The molecule has 0 amide bonds. The summed E-state index contributed by atoms with van der Waals surface area (Å²) in [4.78, 5) is 2.44. The number of nitrogens with one attached hydrogen (secondary N) is 1. The quantitative estimate of drug-likeness (QED) is 0.845. The number of piperidine rings is 1. The zero-order valence-corrected chi connectivity index (χ0v) is 15.8. The molecule has 1 aromatic heterocycles. The van der Waals surface area contributed by atoms with Gasteiger partial charge in [0.05, 0.1) is 13.7 Å². The van der Waals surface area contributed by atoms with Crippen LogP contribution in [0, 0.1) is 0 Å². The Kier molecular flexibility index (Phi) is 6.01. The van der Waals surface area contributed by atoms with E-state index in [1.165, 1.54) is 5.82 Å². The molecule has 0 spiro atoms. The second-order valence-electron chi connectivity index (χ2n) is 6.86. The van der Waals surface area contributed by atoms with Gasteiger partial charge in [0.2, 0.25) is 0 Å². The average Bonchev–Trinajstić information content (AvgIpc) is 3.07. The van der Waals surface area contributed by atoms with Crippen LogP contribution in [-0.2, 0) is 19.6 Å². The van der Waals surface area contributed by atoms with Crippen LogP contribution in [0.2, 0.25) is 0 Å². The first-order valence-electron chi connectivity index (χ1n) is 8.95. The number of rotatable bonds is 4. The van der Waals surface area contributed by atoms with Gasteiger partial charge in [0.15, 0.2) is 11.5 Å². The molecule has 0 saturated carbocycles. The fourth-order valence-corrected chi connectivity index (χ4v) is 3.86. The van der Waals surface area contributed by atoms with Crippen LogP contribution >= 0.6 is 12.4 Å². The lowest BCUT2D eigenvalue weighted by atomic mass is 9.95. The molecule has 1 aromatic carbocycles. The Balaban J connectivity index is 0.00000196. The molecule has 0 unspecified atom stereocenters. The fourth-order valence-electron chi connectivity index (χ4n) is 3.86. The maximum Gasteiger partial charge on any atom is 0.160 e. The first-order valence-corrected chi connectivity index (χ1v) is 8.95. The lowest BCUT2D eigenvalue weighted by molar-refractivity contribution is 0.199. The van der Waals surface area contributed by atoms with Gasteiger partial charge in [-0.1, -0.05) is 6.07 Å². The van der Waals surface area contributed by atoms with E-state index in [2.05, 4.69) is 25.0 Å². The molecule has 4 rings (SSSR count). The van der Waals surface area contributed by atoms with E-state index in [0.29, 0.717) is 11.7 Å². The number of aromatic nitrogens is 3. The number of hydrogen-bond donors (Lipinski definition) is 2. The summed E-state index contributed by atoms with van der Waals surface area (Å²) in [5.74, 6) is 3.46. The summed E-state index contributed by atoms with van der Waals surface area (Å²) in [5.41, 5.74) is 1.11. The Morgan fingerprint density at radius 1 is 1.23 bits per heavy atom. The zero-order chi connectivity index (χ0) is 17.2. The first kappa shape index (κ1) is 18.9. The molecule has 0 radical (unpaired) electrons. The number of nitrogens with zero attached hydrogens (tertiary/aromatic N) is 4. The molecular formula is C18H26ClN5O2. The van der Waals surface area contributed by atoms with Gasteiger partial charge in [-0.25, -0.2) is 0 Å². The van der Waals surface area contributed by atoms with Crippen LogP contribution in [0.4, 0.5) is 0 Å². The summed E-state index contributed by atoms with van der Waals surface area (Å²) in [5, 5.41) is 22.1. The van der Waals surface area contributed by atoms with Crippen LogP contribution in [-0.4, -0.2) is 51.5 Å². The van der Waals surface area contributed by atoms with Crippen LogP contribution in [0.25, 0.3) is 0 Å². The summed E-state index contributed by atoms with van der Waals surface area (Å²) in [7, 11) is 1.57. The molecule has 1 saturated heterocycles. The highest BCUT2D eigenvalue weighted by atomic mass is 35.5. The minimum atomic E-state index is 0. The number of fused-ring (bicyclic) bond motifs is 1. The Morgan fingerprint density at radius 3 is 2.77 bits per heavy atom. The second-order valence-corrected chi connectivity index (χ2v) is 6.86. The second kappa shape index (κ2) is 8.24. The number of phenols is 1. The molecule has 2 aromatic rings. The van der Waals surface area contributed by atoms with Crippen molar-refractivity contribution in [2.45, 2.75) is 38.4 Å². The third-order valence-corrected chi connectivity index (χ3v) is 5.25. The molecule has 2 aliphatic heterocycles. The molecule has 1 fully saturated rings. The molecule has 2 N–H and O–H groups in total. The first-order chi connectivity index (χ1) is 12.2. The average molecular weight is 380 g/mol. The third-order valence-electron chi connectivity index (χ3n) is 5.25. The number of ether oxygens (including phenoxy) is 1. The van der Waals surface area contributed by atoms with Gasteiger partial charge in [-0.2, -0.15) is 0 Å². The Bertz CT molecular complexity index is 743. The van der Waals surface area contributed by atoms with E-state index in [4.69, 9.17) is 4.74 Å². The van der Waals surface area contributed by atoms with E-state index < -0.39 is 0 Å². The summed E-state index contributed by atoms with van der Waals surface area (Å²) < 4.78 is 7.41. The van der Waals surface area contributed by atoms with Gasteiger partial charge in [0, 0.05) is 25.6 Å². The van der Waals surface area contributed by atoms with Gasteiger partial charge >= 0.3 is 0 Å². The number of phenolic OH excluding ortho intramolecular Hbond substituents is 1. The maximum absolute atomic E-state index is 9.93. The van der Waals surface area contributed by atoms with Crippen molar-refractivity contribution in [1.29, 1.82) is 0 Å². The monoisotopic (exact) mass is 379 g/mol. The summed E-state index contributed by atoms with van der Waals surface area (Å²) in [6.07, 6.45) is 2.21. The Hall–Kier alpha value is -1.83. The van der Waals surface area contributed by atoms with E-state index >= 15 is 0 Å². The van der Waals surface area contributed by atoms with Crippen molar-refractivity contribution in [3.05, 3.63) is 35.4 Å². The van der Waals surface area contributed by atoms with Gasteiger partial charge in [-0.3, -0.25) is 4.90 Å². The smallest absolute Gasteiger partial charge is 0.160 e. The summed E-state index contributed by atoms with van der Waals surface area (Å²) >= 11 is 0. The number of aromatic hydroxyl groups is 1. The maximum atomic E-state index is 9.93. The number of benzene rings is 1. The minimum Gasteiger partial charge on any atom is -0.504 e. The number of likely N-dealkylation sites (tertiary alicyclic amines) is 1. The van der Waals surface area contributed by atoms with Gasteiger partial charge in [-0.05, 0) is 43.6 Å². The standard InChI is InChI=1S/C18H25N5O2.ClH/c1-25-16-3-2-13(10-15(16)24)12-22-7-4-14(5-8-22)18-21-20-17-11-19-6-9-23(17)18;/h2-3,10,14,19,24H,4-9,11-12H2,1H3;1H. The van der Waals surface area contributed by atoms with Crippen molar-refractivity contribution in [3.63, 3.8) is 0 Å². The molecule has 2 aliphatic rings. The number of methoxy groups -OCH3 is 1. The largest absolute Gasteiger partial charge is 0.504 e. The Labute approximate surface area is 159 Å². The van der Waals surface area contributed by atoms with E-state index in [0.717, 1.165) is 63.5 Å². The zero-order valence-electron chi connectivity index (χ0n) is 15.0. The molecule has 7 nitrogen and oxygen atoms in total. The highest BCUT2D eigenvalue weighted by Gasteiger charge is 2.27. The third kappa shape index (κ3) is 3.79. The van der Waals surface area contributed by atoms with E-state index in [-0.39, 0.29) is 18.2 Å². The summed E-state index contributed by atoms with van der Waals surface area (Å²) in [6, 6.07) is 5.65. The van der Waals surface area contributed by atoms with E-state index in [9.17, 15) is 5.11 Å². The van der Waals surface area contributed by atoms with Crippen molar-refractivity contribution in [2.75, 3.05) is 26.7 Å². The van der Waals surface area contributed by atoms with Gasteiger partial charge in [0.25, 0.3) is 0 Å². The van der Waals surface area contributed by atoms with Crippen LogP contribution in [0.5, 0.6) is 11.5 Å². The van der Waals surface area contributed by atoms with Crippen molar-refractivity contribution < 1.29 is 9.84 Å². The lowest BCUT2D eigenvalue weighted by Gasteiger charge is -2.32.